The molecule has 0 radical (unpaired) electrons. The van der Waals surface area contributed by atoms with Crippen molar-refractivity contribution in [3.8, 4) is 17.0 Å². The van der Waals surface area contributed by atoms with E-state index in [1.807, 2.05) is 54.6 Å². The molecule has 4 aromatic rings. The van der Waals surface area contributed by atoms with Crippen LogP contribution in [0.15, 0.2) is 70.2 Å². The number of nitrogens with zero attached hydrogens (tertiary/aromatic N) is 3. The molecule has 0 spiro atoms. The van der Waals surface area contributed by atoms with E-state index in [1.54, 1.807) is 0 Å². The standard InChI is InChI=1S/C25H26N4O4/c1-2-3-15-32-20-11-9-18(10-12-20)16-26-21(30)13-14-29-17-27-23-22(19-7-5-4-6-8-19)28-33-24(23)25(29)31/h4-12,17H,2-3,13-16H2,1H3,(H,26,30). The lowest BCUT2D eigenvalue weighted by atomic mass is 10.1. The maximum atomic E-state index is 12.7. The number of benzene rings is 2. The number of aryl methyl sites for hydroxylation is 1. The van der Waals surface area contributed by atoms with Crippen LogP contribution in [0.25, 0.3) is 22.4 Å². The molecule has 2 aromatic heterocycles. The van der Waals surface area contributed by atoms with E-state index >= 15 is 0 Å². The van der Waals surface area contributed by atoms with Gasteiger partial charge in [-0.05, 0) is 24.1 Å². The van der Waals surface area contributed by atoms with Gasteiger partial charge < -0.3 is 14.6 Å². The van der Waals surface area contributed by atoms with Gasteiger partial charge >= 0.3 is 0 Å². The molecule has 0 aliphatic carbocycles. The number of hydrogen-bond acceptors (Lipinski definition) is 6. The van der Waals surface area contributed by atoms with Crippen LogP contribution in [0.1, 0.15) is 31.7 Å². The maximum Gasteiger partial charge on any atom is 0.299 e. The molecule has 0 unspecified atom stereocenters. The van der Waals surface area contributed by atoms with Gasteiger partial charge in [0.2, 0.25) is 5.91 Å². The third-order valence-corrected chi connectivity index (χ3v) is 5.26. The monoisotopic (exact) mass is 446 g/mol. The lowest BCUT2D eigenvalue weighted by Crippen LogP contribution is -2.27. The maximum absolute atomic E-state index is 12.7. The fourth-order valence-corrected chi connectivity index (χ4v) is 3.35. The van der Waals surface area contributed by atoms with Gasteiger partial charge in [-0.1, -0.05) is 61.0 Å². The summed E-state index contributed by atoms with van der Waals surface area (Å²) in [5.41, 5.74) is 2.45. The van der Waals surface area contributed by atoms with E-state index < -0.39 is 0 Å². The summed E-state index contributed by atoms with van der Waals surface area (Å²) in [7, 11) is 0. The second-order valence-electron chi connectivity index (χ2n) is 7.69. The molecule has 1 amide bonds. The molecular weight excluding hydrogens is 420 g/mol. The number of carbonyl (C=O) groups excluding carboxylic acids is 1. The molecule has 8 nitrogen and oxygen atoms in total. The lowest BCUT2D eigenvalue weighted by Gasteiger charge is -2.08. The van der Waals surface area contributed by atoms with E-state index in [9.17, 15) is 9.59 Å². The molecule has 8 heteroatoms. The Labute approximate surface area is 191 Å². The zero-order chi connectivity index (χ0) is 23.0. The van der Waals surface area contributed by atoms with E-state index in [4.69, 9.17) is 9.26 Å². The first-order chi connectivity index (χ1) is 16.2. The highest BCUT2D eigenvalue weighted by molar-refractivity contribution is 5.87. The predicted molar refractivity (Wildman–Crippen MR) is 125 cm³/mol. The van der Waals surface area contributed by atoms with Gasteiger partial charge in [-0.2, -0.15) is 0 Å². The number of fused-ring (bicyclic) bond motifs is 1. The topological polar surface area (TPSA) is 99.2 Å². The minimum Gasteiger partial charge on any atom is -0.494 e. The highest BCUT2D eigenvalue weighted by Crippen LogP contribution is 2.23. The number of ether oxygens (including phenoxy) is 1. The summed E-state index contributed by atoms with van der Waals surface area (Å²) in [4.78, 5) is 29.4. The van der Waals surface area contributed by atoms with Crippen LogP contribution in [0.3, 0.4) is 0 Å². The van der Waals surface area contributed by atoms with Gasteiger partial charge in [0, 0.05) is 25.1 Å². The largest absolute Gasteiger partial charge is 0.494 e. The van der Waals surface area contributed by atoms with Crippen LogP contribution in [0.4, 0.5) is 0 Å². The lowest BCUT2D eigenvalue weighted by molar-refractivity contribution is -0.121. The van der Waals surface area contributed by atoms with Gasteiger partial charge in [0.1, 0.15) is 17.0 Å². The van der Waals surface area contributed by atoms with Gasteiger partial charge in [0.15, 0.2) is 0 Å². The summed E-state index contributed by atoms with van der Waals surface area (Å²) in [6.07, 6.45) is 3.69. The molecule has 33 heavy (non-hydrogen) atoms. The molecule has 4 rings (SSSR count). The van der Waals surface area contributed by atoms with Gasteiger partial charge in [0.25, 0.3) is 11.1 Å². The summed E-state index contributed by atoms with van der Waals surface area (Å²) >= 11 is 0. The van der Waals surface area contributed by atoms with Gasteiger partial charge in [0.05, 0.1) is 12.9 Å². The first-order valence-electron chi connectivity index (χ1n) is 11.0. The molecule has 1 N–H and O–H groups in total. The molecule has 2 aromatic carbocycles. The number of carbonyl (C=O) groups is 1. The van der Waals surface area contributed by atoms with Crippen molar-refractivity contribution in [3.05, 3.63) is 76.8 Å². The van der Waals surface area contributed by atoms with E-state index in [2.05, 4.69) is 22.4 Å². The Bertz CT molecular complexity index is 1260. The summed E-state index contributed by atoms with van der Waals surface area (Å²) in [5.74, 6) is 0.663. The highest BCUT2D eigenvalue weighted by atomic mass is 16.5. The summed E-state index contributed by atoms with van der Waals surface area (Å²) < 4.78 is 12.3. The number of aromatic nitrogens is 3. The average Bonchev–Trinajstić information content (AvgIpc) is 3.29. The molecule has 0 aliphatic heterocycles. The van der Waals surface area contributed by atoms with Crippen LogP contribution in [-0.2, 0) is 17.9 Å². The molecule has 170 valence electrons. The Kier molecular flexibility index (Phi) is 7.14. The van der Waals surface area contributed by atoms with Crippen molar-refractivity contribution in [2.45, 2.75) is 39.3 Å². The second kappa shape index (κ2) is 10.6. The Morgan fingerprint density at radius 1 is 1.12 bits per heavy atom. The highest BCUT2D eigenvalue weighted by Gasteiger charge is 2.16. The third-order valence-electron chi connectivity index (χ3n) is 5.26. The van der Waals surface area contributed by atoms with Crippen molar-refractivity contribution in [2.24, 2.45) is 0 Å². The van der Waals surface area contributed by atoms with Crippen molar-refractivity contribution < 1.29 is 14.1 Å². The summed E-state index contributed by atoms with van der Waals surface area (Å²) in [6, 6.07) is 17.1. The van der Waals surface area contributed by atoms with Crippen molar-refractivity contribution in [2.75, 3.05) is 6.61 Å². The van der Waals surface area contributed by atoms with E-state index in [0.717, 1.165) is 29.7 Å². The van der Waals surface area contributed by atoms with Crippen LogP contribution in [0.5, 0.6) is 5.75 Å². The van der Waals surface area contributed by atoms with Crippen LogP contribution < -0.4 is 15.6 Å². The molecule has 0 aliphatic rings. The average molecular weight is 447 g/mol. The Hall–Kier alpha value is -3.94. The fourth-order valence-electron chi connectivity index (χ4n) is 3.35. The summed E-state index contributed by atoms with van der Waals surface area (Å²) in [5, 5.41) is 6.89. The molecule has 0 atom stereocenters. The zero-order valence-electron chi connectivity index (χ0n) is 18.5. The number of hydrogen-bond donors (Lipinski definition) is 1. The number of rotatable bonds is 10. The minimum absolute atomic E-state index is 0.0815. The quantitative estimate of drug-likeness (QED) is 0.371. The normalized spacial score (nSPS) is 10.9. The third kappa shape index (κ3) is 5.46. The van der Waals surface area contributed by atoms with Gasteiger partial charge in [-0.3, -0.25) is 14.2 Å². The molecule has 0 saturated heterocycles. The predicted octanol–water partition coefficient (Wildman–Crippen LogP) is 3.94. The van der Waals surface area contributed by atoms with Gasteiger partial charge in [-0.25, -0.2) is 4.98 Å². The Morgan fingerprint density at radius 3 is 2.67 bits per heavy atom. The first-order valence-corrected chi connectivity index (χ1v) is 11.0. The molecule has 2 heterocycles. The zero-order valence-corrected chi connectivity index (χ0v) is 18.5. The fraction of sp³-hybridized carbons (Fsp3) is 0.280. The van der Waals surface area contributed by atoms with E-state index in [0.29, 0.717) is 24.4 Å². The van der Waals surface area contributed by atoms with Crippen LogP contribution >= 0.6 is 0 Å². The second-order valence-corrected chi connectivity index (χ2v) is 7.69. The van der Waals surface area contributed by atoms with E-state index in [1.165, 1.54) is 10.9 Å². The summed E-state index contributed by atoms with van der Waals surface area (Å²) in [6.45, 7) is 3.42. The van der Waals surface area contributed by atoms with Crippen molar-refractivity contribution in [1.82, 2.24) is 20.0 Å². The van der Waals surface area contributed by atoms with Crippen molar-refractivity contribution in [3.63, 3.8) is 0 Å². The molecule has 0 bridgehead atoms. The molecule has 0 fully saturated rings. The number of unbranched alkanes of at least 4 members (excludes halogenated alkanes) is 1. The van der Waals surface area contributed by atoms with Crippen LogP contribution in [0.2, 0.25) is 0 Å². The van der Waals surface area contributed by atoms with Crippen LogP contribution in [0, 0.1) is 0 Å². The molecular formula is C25H26N4O4. The van der Waals surface area contributed by atoms with Crippen molar-refractivity contribution >= 4 is 17.0 Å². The van der Waals surface area contributed by atoms with E-state index in [-0.39, 0.29) is 30.0 Å². The first kappa shape index (κ1) is 22.3. The smallest absolute Gasteiger partial charge is 0.299 e. The van der Waals surface area contributed by atoms with Crippen LogP contribution in [-0.4, -0.2) is 27.2 Å². The van der Waals surface area contributed by atoms with Crippen molar-refractivity contribution in [1.29, 1.82) is 0 Å². The Morgan fingerprint density at radius 2 is 1.91 bits per heavy atom. The number of nitrogens with one attached hydrogen (secondary N) is 1. The van der Waals surface area contributed by atoms with Gasteiger partial charge in [-0.15, -0.1) is 0 Å². The minimum atomic E-state index is -0.360. The number of amides is 1. The Balaban J connectivity index is 1.32. The molecule has 0 saturated carbocycles. The SMILES string of the molecule is CCCCOc1ccc(CNC(=O)CCn2cnc3c(-c4ccccc4)noc3c2=O)cc1.